The molecule has 0 aliphatic carbocycles. The van der Waals surface area contributed by atoms with Crippen LogP contribution in [-0.2, 0) is 14.3 Å². The molecule has 2 aromatic rings. The average molecular weight is 485 g/mol. The normalized spacial score (nSPS) is 18.5. The summed E-state index contributed by atoms with van der Waals surface area (Å²) in [4.78, 5) is 38.9. The molecule has 1 saturated heterocycles. The van der Waals surface area contributed by atoms with E-state index in [0.29, 0.717) is 12.2 Å². The van der Waals surface area contributed by atoms with Crippen molar-refractivity contribution in [2.24, 2.45) is 5.92 Å². The first kappa shape index (κ1) is 26.3. The fraction of sp³-hybridized carbons (Fsp3) is 0.423. The van der Waals surface area contributed by atoms with Crippen LogP contribution in [0.2, 0.25) is 0 Å². The van der Waals surface area contributed by atoms with Gasteiger partial charge >= 0.3 is 0 Å². The van der Waals surface area contributed by atoms with E-state index in [1.807, 2.05) is 50.2 Å². The predicted molar refractivity (Wildman–Crippen MR) is 129 cm³/mol. The second-order valence-corrected chi connectivity index (χ2v) is 8.99. The molecule has 0 spiro atoms. The molecule has 0 saturated carbocycles. The lowest BCUT2D eigenvalue weighted by atomic mass is 9.92. The van der Waals surface area contributed by atoms with Crippen molar-refractivity contribution in [2.75, 3.05) is 26.9 Å². The minimum atomic E-state index is -1.31. The van der Waals surface area contributed by atoms with E-state index in [9.17, 15) is 24.6 Å². The lowest BCUT2D eigenvalue weighted by Gasteiger charge is -2.25. The number of epoxide rings is 1. The van der Waals surface area contributed by atoms with E-state index in [1.54, 1.807) is 12.1 Å². The highest BCUT2D eigenvalue weighted by atomic mass is 16.6. The molecule has 3 rings (SSSR count). The van der Waals surface area contributed by atoms with Crippen LogP contribution in [0.25, 0.3) is 11.1 Å². The first-order valence-electron chi connectivity index (χ1n) is 11.5. The van der Waals surface area contributed by atoms with Crippen LogP contribution in [0.5, 0.6) is 5.75 Å². The third-order valence-electron chi connectivity index (χ3n) is 5.89. The molecule has 1 aliphatic heterocycles. The summed E-state index contributed by atoms with van der Waals surface area (Å²) in [6.07, 6.45) is 0.314. The number of benzene rings is 2. The summed E-state index contributed by atoms with van der Waals surface area (Å²) in [7, 11) is 1.43. The fourth-order valence-corrected chi connectivity index (χ4v) is 3.82. The van der Waals surface area contributed by atoms with E-state index in [0.717, 1.165) is 11.1 Å². The molecule has 4 N–H and O–H groups in total. The standard InChI is InChI=1S/C26H32N2O7/c1-16(2)11-20(23(31)26(14-30)15-35-26)27-25(33)21(13-29)28-24(32)19-12-18(9-10-22(19)34-3)17-7-5-4-6-8-17/h4-10,12,16,20-21,29-30H,11,13-15H2,1-3H3,(H,27,33)(H,28,32)/t20?,21-,26?/m0/s1. The Morgan fingerprint density at radius 3 is 2.26 bits per heavy atom. The van der Waals surface area contributed by atoms with Gasteiger partial charge in [-0.25, -0.2) is 0 Å². The number of rotatable bonds is 12. The molecule has 0 radical (unpaired) electrons. The maximum atomic E-state index is 13.1. The molecule has 35 heavy (non-hydrogen) atoms. The first-order valence-corrected chi connectivity index (χ1v) is 11.5. The Labute approximate surface area is 204 Å². The Kier molecular flexibility index (Phi) is 8.61. The number of carbonyl (C=O) groups is 3. The highest BCUT2D eigenvalue weighted by Gasteiger charge is 2.54. The third kappa shape index (κ3) is 6.25. The molecule has 0 bridgehead atoms. The van der Waals surface area contributed by atoms with Crippen LogP contribution in [0.3, 0.4) is 0 Å². The second kappa shape index (κ2) is 11.4. The van der Waals surface area contributed by atoms with Gasteiger partial charge in [-0.3, -0.25) is 14.4 Å². The third-order valence-corrected chi connectivity index (χ3v) is 5.89. The molecule has 2 aromatic carbocycles. The lowest BCUT2D eigenvalue weighted by Crippen LogP contribution is -2.55. The number of aliphatic hydroxyl groups is 2. The van der Waals surface area contributed by atoms with Crippen molar-refractivity contribution in [3.05, 3.63) is 54.1 Å². The van der Waals surface area contributed by atoms with E-state index >= 15 is 0 Å². The summed E-state index contributed by atoms with van der Waals surface area (Å²) >= 11 is 0. The summed E-state index contributed by atoms with van der Waals surface area (Å²) < 4.78 is 10.5. The van der Waals surface area contributed by atoms with Crippen LogP contribution in [0, 0.1) is 5.92 Å². The van der Waals surface area contributed by atoms with Crippen molar-refractivity contribution in [2.45, 2.75) is 38.0 Å². The molecule has 1 fully saturated rings. The van der Waals surface area contributed by atoms with Gasteiger partial charge in [0.15, 0.2) is 11.4 Å². The molecule has 9 heteroatoms. The molecule has 2 unspecified atom stereocenters. The quantitative estimate of drug-likeness (QED) is 0.333. The van der Waals surface area contributed by atoms with Gasteiger partial charge in [0.05, 0.1) is 38.5 Å². The van der Waals surface area contributed by atoms with Gasteiger partial charge in [-0.1, -0.05) is 50.2 Å². The number of amides is 2. The number of Topliss-reactive ketones (excluding diaryl/α,β-unsaturated/α-hetero) is 1. The van der Waals surface area contributed by atoms with Crippen LogP contribution >= 0.6 is 0 Å². The first-order chi connectivity index (χ1) is 16.7. The van der Waals surface area contributed by atoms with Crippen LogP contribution < -0.4 is 15.4 Å². The van der Waals surface area contributed by atoms with E-state index in [4.69, 9.17) is 9.47 Å². The van der Waals surface area contributed by atoms with Gasteiger partial charge in [0.25, 0.3) is 5.91 Å². The van der Waals surface area contributed by atoms with Crippen molar-refractivity contribution < 1.29 is 34.1 Å². The highest BCUT2D eigenvalue weighted by Crippen LogP contribution is 2.30. The number of ketones is 1. The molecule has 3 atom stereocenters. The van der Waals surface area contributed by atoms with Crippen molar-refractivity contribution in [3.8, 4) is 16.9 Å². The summed E-state index contributed by atoms with van der Waals surface area (Å²) in [5, 5.41) is 24.5. The zero-order chi connectivity index (χ0) is 25.6. The van der Waals surface area contributed by atoms with Crippen molar-refractivity contribution >= 4 is 17.6 Å². The minimum absolute atomic E-state index is 0.0610. The topological polar surface area (TPSA) is 137 Å². The van der Waals surface area contributed by atoms with Crippen LogP contribution in [0.4, 0.5) is 0 Å². The zero-order valence-electron chi connectivity index (χ0n) is 20.1. The number of hydrogen-bond donors (Lipinski definition) is 4. The molecular weight excluding hydrogens is 452 g/mol. The van der Waals surface area contributed by atoms with Crippen molar-refractivity contribution in [3.63, 3.8) is 0 Å². The molecule has 188 valence electrons. The van der Waals surface area contributed by atoms with Crippen molar-refractivity contribution in [1.82, 2.24) is 10.6 Å². The van der Waals surface area contributed by atoms with E-state index < -0.39 is 48.5 Å². The average Bonchev–Trinajstić information content (AvgIpc) is 3.67. The number of ether oxygens (including phenoxy) is 2. The maximum absolute atomic E-state index is 13.1. The van der Waals surface area contributed by atoms with Gasteiger partial charge in [-0.15, -0.1) is 0 Å². The Morgan fingerprint density at radius 1 is 1.03 bits per heavy atom. The summed E-state index contributed by atoms with van der Waals surface area (Å²) in [6.45, 7) is 2.72. The monoisotopic (exact) mass is 484 g/mol. The number of aliphatic hydroxyl groups excluding tert-OH is 2. The second-order valence-electron chi connectivity index (χ2n) is 8.99. The number of nitrogens with one attached hydrogen (secondary N) is 2. The largest absolute Gasteiger partial charge is 0.496 e. The molecule has 9 nitrogen and oxygen atoms in total. The smallest absolute Gasteiger partial charge is 0.255 e. The summed E-state index contributed by atoms with van der Waals surface area (Å²) in [5.74, 6) is -1.39. The van der Waals surface area contributed by atoms with E-state index in [-0.39, 0.29) is 18.1 Å². The molecule has 0 aromatic heterocycles. The SMILES string of the molecule is COc1ccc(-c2ccccc2)cc1C(=O)N[C@@H](CO)C(=O)NC(CC(C)C)C(=O)C1(CO)CO1. The molecule has 2 amide bonds. The Morgan fingerprint density at radius 2 is 1.71 bits per heavy atom. The lowest BCUT2D eigenvalue weighted by molar-refractivity contribution is -0.133. The van der Waals surface area contributed by atoms with Gasteiger partial charge in [0.2, 0.25) is 5.91 Å². The molecular formula is C26H32N2O7. The predicted octanol–water partition coefficient (Wildman–Crippen LogP) is 1.31. The zero-order valence-corrected chi connectivity index (χ0v) is 20.1. The van der Waals surface area contributed by atoms with Gasteiger partial charge in [-0.05, 0) is 35.6 Å². The molecule has 1 aliphatic rings. The summed E-state index contributed by atoms with van der Waals surface area (Å²) in [5.41, 5.74) is 0.579. The van der Waals surface area contributed by atoms with E-state index in [2.05, 4.69) is 10.6 Å². The van der Waals surface area contributed by atoms with Crippen molar-refractivity contribution in [1.29, 1.82) is 0 Å². The Bertz CT molecular complexity index is 1050. The summed E-state index contributed by atoms with van der Waals surface area (Å²) in [6, 6.07) is 12.4. The fourth-order valence-electron chi connectivity index (χ4n) is 3.82. The number of carbonyl (C=O) groups excluding carboxylic acids is 3. The van der Waals surface area contributed by atoms with Gasteiger partial charge in [0.1, 0.15) is 11.8 Å². The minimum Gasteiger partial charge on any atom is -0.496 e. The van der Waals surface area contributed by atoms with Gasteiger partial charge in [-0.2, -0.15) is 0 Å². The Hall–Kier alpha value is -3.27. The van der Waals surface area contributed by atoms with Gasteiger partial charge in [0, 0.05) is 0 Å². The van der Waals surface area contributed by atoms with Crippen LogP contribution in [0.1, 0.15) is 30.6 Å². The van der Waals surface area contributed by atoms with Gasteiger partial charge < -0.3 is 30.3 Å². The molecule has 1 heterocycles. The maximum Gasteiger partial charge on any atom is 0.255 e. The number of methoxy groups -OCH3 is 1. The van der Waals surface area contributed by atoms with E-state index in [1.165, 1.54) is 7.11 Å². The number of hydrogen-bond acceptors (Lipinski definition) is 7. The highest BCUT2D eigenvalue weighted by molar-refractivity contribution is 6.02. The van der Waals surface area contributed by atoms with Crippen LogP contribution in [0.15, 0.2) is 48.5 Å². The Balaban J connectivity index is 1.77. The van der Waals surface area contributed by atoms with Crippen LogP contribution in [-0.4, -0.2) is 72.4 Å².